The van der Waals surface area contributed by atoms with E-state index in [0.717, 1.165) is 6.54 Å². The highest BCUT2D eigenvalue weighted by Gasteiger charge is 2.27. The van der Waals surface area contributed by atoms with E-state index in [1.54, 1.807) is 0 Å². The number of carbonyl (C=O) groups is 1. The molecule has 1 aliphatic rings. The molecule has 1 fully saturated rings. The predicted molar refractivity (Wildman–Crippen MR) is 65.5 cm³/mol. The molecule has 16 heavy (non-hydrogen) atoms. The molecule has 0 aromatic carbocycles. The molecule has 0 heterocycles. The number of hydrogen-bond donors (Lipinski definition) is 1. The van der Waals surface area contributed by atoms with Crippen LogP contribution in [0.25, 0.3) is 0 Å². The first-order valence-electron chi connectivity index (χ1n) is 6.46. The number of rotatable bonds is 6. The smallest absolute Gasteiger partial charge is 0.317 e. The first-order valence-corrected chi connectivity index (χ1v) is 6.46. The Kier molecular flexibility index (Phi) is 5.26. The summed E-state index contributed by atoms with van der Waals surface area (Å²) in [6.45, 7) is 7.58. The van der Waals surface area contributed by atoms with Crippen LogP contribution in [0.3, 0.4) is 0 Å². The number of carboxylic acids is 1. The van der Waals surface area contributed by atoms with E-state index in [1.807, 2.05) is 0 Å². The summed E-state index contributed by atoms with van der Waals surface area (Å²) in [4.78, 5) is 13.0. The van der Waals surface area contributed by atoms with Gasteiger partial charge in [-0.05, 0) is 31.6 Å². The van der Waals surface area contributed by atoms with E-state index in [9.17, 15) is 4.79 Å². The standard InChI is InChI=1S/C13H25NO2/c1-10(2)8-14(9-13(15)16)11(3)12-6-4-5-7-12/h10-12H,4-9H2,1-3H3,(H,15,16). The topological polar surface area (TPSA) is 40.5 Å². The van der Waals surface area contributed by atoms with Crippen LogP contribution in [0.2, 0.25) is 0 Å². The zero-order valence-electron chi connectivity index (χ0n) is 10.8. The number of hydrogen-bond acceptors (Lipinski definition) is 2. The summed E-state index contributed by atoms with van der Waals surface area (Å²) in [7, 11) is 0. The van der Waals surface area contributed by atoms with Crippen LogP contribution < -0.4 is 0 Å². The van der Waals surface area contributed by atoms with Gasteiger partial charge in [0.1, 0.15) is 0 Å². The molecule has 1 N–H and O–H groups in total. The molecule has 0 aromatic heterocycles. The van der Waals surface area contributed by atoms with Crippen LogP contribution in [-0.2, 0) is 4.79 Å². The van der Waals surface area contributed by atoms with Gasteiger partial charge in [0, 0.05) is 12.6 Å². The molecular formula is C13H25NO2. The number of aliphatic carboxylic acids is 1. The highest BCUT2D eigenvalue weighted by molar-refractivity contribution is 5.69. The lowest BCUT2D eigenvalue weighted by molar-refractivity contribution is -0.139. The second-order valence-electron chi connectivity index (χ2n) is 5.50. The van der Waals surface area contributed by atoms with Crippen molar-refractivity contribution in [3.05, 3.63) is 0 Å². The summed E-state index contributed by atoms with van der Waals surface area (Å²) < 4.78 is 0. The van der Waals surface area contributed by atoms with E-state index in [0.29, 0.717) is 17.9 Å². The van der Waals surface area contributed by atoms with Gasteiger partial charge in [0.25, 0.3) is 0 Å². The summed E-state index contributed by atoms with van der Waals surface area (Å²) in [5.41, 5.74) is 0. The maximum Gasteiger partial charge on any atom is 0.317 e. The van der Waals surface area contributed by atoms with Crippen molar-refractivity contribution in [3.63, 3.8) is 0 Å². The molecule has 1 unspecified atom stereocenters. The first-order chi connectivity index (χ1) is 7.50. The Balaban J connectivity index is 2.54. The van der Waals surface area contributed by atoms with Crippen molar-refractivity contribution in [1.82, 2.24) is 4.90 Å². The van der Waals surface area contributed by atoms with Gasteiger partial charge in [-0.1, -0.05) is 26.7 Å². The summed E-state index contributed by atoms with van der Waals surface area (Å²) >= 11 is 0. The minimum absolute atomic E-state index is 0.190. The van der Waals surface area contributed by atoms with Crippen LogP contribution in [-0.4, -0.2) is 35.1 Å². The minimum atomic E-state index is -0.703. The third-order valence-electron chi connectivity index (χ3n) is 3.60. The molecule has 0 aliphatic heterocycles. The van der Waals surface area contributed by atoms with Gasteiger partial charge in [0.15, 0.2) is 0 Å². The number of carboxylic acid groups (broad SMARTS) is 1. The van der Waals surface area contributed by atoms with Gasteiger partial charge in [0.05, 0.1) is 6.54 Å². The summed E-state index contributed by atoms with van der Waals surface area (Å²) in [5.74, 6) is 0.534. The molecule has 0 aromatic rings. The van der Waals surface area contributed by atoms with Crippen LogP contribution in [0.15, 0.2) is 0 Å². The lowest BCUT2D eigenvalue weighted by atomic mass is 9.97. The van der Waals surface area contributed by atoms with Crippen molar-refractivity contribution in [3.8, 4) is 0 Å². The summed E-state index contributed by atoms with van der Waals surface area (Å²) in [6.07, 6.45) is 5.18. The maximum atomic E-state index is 10.9. The van der Waals surface area contributed by atoms with Gasteiger partial charge in [-0.15, -0.1) is 0 Å². The second-order valence-corrected chi connectivity index (χ2v) is 5.50. The molecule has 0 radical (unpaired) electrons. The van der Waals surface area contributed by atoms with Crippen molar-refractivity contribution < 1.29 is 9.90 Å². The third kappa shape index (κ3) is 4.12. The Morgan fingerprint density at radius 3 is 2.31 bits per heavy atom. The van der Waals surface area contributed by atoms with E-state index in [2.05, 4.69) is 25.7 Å². The Morgan fingerprint density at radius 2 is 1.88 bits per heavy atom. The molecule has 1 saturated carbocycles. The number of nitrogens with zero attached hydrogens (tertiary/aromatic N) is 1. The summed E-state index contributed by atoms with van der Waals surface area (Å²) in [6, 6.07) is 0.418. The average Bonchev–Trinajstić information content (AvgIpc) is 2.66. The van der Waals surface area contributed by atoms with E-state index in [-0.39, 0.29) is 6.54 Å². The fourth-order valence-corrected chi connectivity index (χ4v) is 2.76. The van der Waals surface area contributed by atoms with Crippen molar-refractivity contribution in [2.75, 3.05) is 13.1 Å². The van der Waals surface area contributed by atoms with E-state index >= 15 is 0 Å². The minimum Gasteiger partial charge on any atom is -0.480 e. The molecule has 94 valence electrons. The monoisotopic (exact) mass is 227 g/mol. The summed E-state index contributed by atoms with van der Waals surface area (Å²) in [5, 5.41) is 8.95. The van der Waals surface area contributed by atoms with Crippen LogP contribution >= 0.6 is 0 Å². The predicted octanol–water partition coefficient (Wildman–Crippen LogP) is 2.61. The van der Waals surface area contributed by atoms with Crippen molar-refractivity contribution in [2.24, 2.45) is 11.8 Å². The van der Waals surface area contributed by atoms with Gasteiger partial charge in [-0.25, -0.2) is 0 Å². The fraction of sp³-hybridized carbons (Fsp3) is 0.923. The van der Waals surface area contributed by atoms with Crippen molar-refractivity contribution >= 4 is 5.97 Å². The highest BCUT2D eigenvalue weighted by atomic mass is 16.4. The van der Waals surface area contributed by atoms with Gasteiger partial charge < -0.3 is 5.11 Å². The quantitative estimate of drug-likeness (QED) is 0.758. The average molecular weight is 227 g/mol. The molecule has 3 heteroatoms. The molecule has 1 atom stereocenters. The molecular weight excluding hydrogens is 202 g/mol. The molecule has 1 rings (SSSR count). The van der Waals surface area contributed by atoms with Crippen LogP contribution in [0.4, 0.5) is 0 Å². The zero-order chi connectivity index (χ0) is 12.1. The second kappa shape index (κ2) is 6.24. The van der Waals surface area contributed by atoms with Crippen molar-refractivity contribution in [2.45, 2.75) is 52.5 Å². The molecule has 0 spiro atoms. The van der Waals surface area contributed by atoms with Crippen LogP contribution in [0, 0.1) is 11.8 Å². The van der Waals surface area contributed by atoms with E-state index in [1.165, 1.54) is 25.7 Å². The molecule has 3 nitrogen and oxygen atoms in total. The van der Waals surface area contributed by atoms with Gasteiger partial charge >= 0.3 is 5.97 Å². The lowest BCUT2D eigenvalue weighted by Gasteiger charge is -2.33. The van der Waals surface area contributed by atoms with Gasteiger partial charge in [-0.2, -0.15) is 0 Å². The zero-order valence-corrected chi connectivity index (χ0v) is 10.8. The van der Waals surface area contributed by atoms with E-state index in [4.69, 9.17) is 5.11 Å². The first kappa shape index (κ1) is 13.5. The fourth-order valence-electron chi connectivity index (χ4n) is 2.76. The molecule has 1 aliphatic carbocycles. The van der Waals surface area contributed by atoms with Crippen molar-refractivity contribution in [1.29, 1.82) is 0 Å². The van der Waals surface area contributed by atoms with Crippen LogP contribution in [0.1, 0.15) is 46.5 Å². The van der Waals surface area contributed by atoms with E-state index < -0.39 is 5.97 Å². The third-order valence-corrected chi connectivity index (χ3v) is 3.60. The Morgan fingerprint density at radius 1 is 1.31 bits per heavy atom. The molecule has 0 saturated heterocycles. The largest absolute Gasteiger partial charge is 0.480 e. The highest BCUT2D eigenvalue weighted by Crippen LogP contribution is 2.30. The van der Waals surface area contributed by atoms with Gasteiger partial charge in [-0.3, -0.25) is 9.69 Å². The Labute approximate surface area is 98.8 Å². The lowest BCUT2D eigenvalue weighted by Crippen LogP contribution is -2.43. The maximum absolute atomic E-state index is 10.9. The molecule has 0 amide bonds. The van der Waals surface area contributed by atoms with Crippen LogP contribution in [0.5, 0.6) is 0 Å². The van der Waals surface area contributed by atoms with Gasteiger partial charge in [0.2, 0.25) is 0 Å². The molecule has 0 bridgehead atoms. The Bertz CT molecular complexity index is 222. The Hall–Kier alpha value is -0.570. The normalized spacial score (nSPS) is 19.6. The SMILES string of the molecule is CC(C)CN(CC(=O)O)C(C)C1CCCC1.